The van der Waals surface area contributed by atoms with Crippen LogP contribution in [0.5, 0.6) is 0 Å². The van der Waals surface area contributed by atoms with Gasteiger partial charge in [0, 0.05) is 0 Å². The van der Waals surface area contributed by atoms with E-state index in [1.807, 2.05) is 12.1 Å². The third kappa shape index (κ3) is 5.00. The van der Waals surface area contributed by atoms with Crippen LogP contribution in [0.1, 0.15) is 38.8 Å². The molecular formula is C14H21NO2S. The van der Waals surface area contributed by atoms with Crippen LogP contribution in [-0.4, -0.2) is 8.42 Å². The van der Waals surface area contributed by atoms with Crippen LogP contribution in [-0.2, 0) is 23.3 Å². The van der Waals surface area contributed by atoms with Gasteiger partial charge in [0.05, 0.1) is 5.69 Å². The van der Waals surface area contributed by atoms with Gasteiger partial charge >= 0.3 is 10.5 Å². The van der Waals surface area contributed by atoms with Gasteiger partial charge in [0.15, 0.2) is 0 Å². The first-order chi connectivity index (χ1) is 8.38. The third-order valence-electron chi connectivity index (χ3n) is 2.59. The molecule has 0 radical (unpaired) electrons. The lowest BCUT2D eigenvalue weighted by Crippen LogP contribution is -1.99. The summed E-state index contributed by atoms with van der Waals surface area (Å²) < 4.78 is 25.1. The number of hydrogen-bond donors (Lipinski definition) is 0. The summed E-state index contributed by atoms with van der Waals surface area (Å²) in [6.45, 7) is 8.58. The van der Waals surface area contributed by atoms with Gasteiger partial charge in [-0.1, -0.05) is 39.8 Å². The largest absolute Gasteiger partial charge is 0.316 e. The Morgan fingerprint density at radius 1 is 1.06 bits per heavy atom. The van der Waals surface area contributed by atoms with Crippen LogP contribution in [0.3, 0.4) is 0 Å². The molecule has 0 aliphatic carbocycles. The van der Waals surface area contributed by atoms with Crippen molar-refractivity contribution in [2.45, 2.75) is 40.5 Å². The molecule has 0 amide bonds. The molecule has 0 aliphatic heterocycles. The second-order valence-corrected chi connectivity index (χ2v) is 6.08. The molecular weight excluding hydrogens is 246 g/mol. The lowest BCUT2D eigenvalue weighted by molar-refractivity contribution is 0.621. The molecule has 0 spiro atoms. The first kappa shape index (κ1) is 14.9. The van der Waals surface area contributed by atoms with Gasteiger partial charge in [0.1, 0.15) is 0 Å². The zero-order valence-electron chi connectivity index (χ0n) is 11.5. The Morgan fingerprint density at radius 3 is 2.17 bits per heavy atom. The number of nitrogens with zero attached hydrogens (tertiary/aromatic N) is 1. The van der Waals surface area contributed by atoms with Crippen LogP contribution in [0.15, 0.2) is 22.6 Å². The van der Waals surface area contributed by atoms with E-state index in [9.17, 15) is 8.42 Å². The summed E-state index contributed by atoms with van der Waals surface area (Å²) in [5.41, 5.74) is 2.84. The van der Waals surface area contributed by atoms with E-state index >= 15 is 0 Å². The minimum Gasteiger partial charge on any atom is -0.163 e. The van der Waals surface area contributed by atoms with E-state index in [2.05, 4.69) is 38.1 Å². The molecule has 0 atom stereocenters. The Morgan fingerprint density at radius 2 is 1.67 bits per heavy atom. The summed E-state index contributed by atoms with van der Waals surface area (Å²) in [7, 11) is -2.38. The molecule has 0 saturated carbocycles. The molecule has 0 unspecified atom stereocenters. The van der Waals surface area contributed by atoms with Crippen molar-refractivity contribution in [1.29, 1.82) is 0 Å². The molecule has 18 heavy (non-hydrogen) atoms. The predicted octanol–water partition coefficient (Wildman–Crippen LogP) is 3.78. The highest BCUT2D eigenvalue weighted by molar-refractivity contribution is 7.61. The Balaban J connectivity index is 3.15. The molecule has 0 saturated heterocycles. The first-order valence-electron chi connectivity index (χ1n) is 6.31. The lowest BCUT2D eigenvalue weighted by atomic mass is 9.96. The second-order valence-electron chi connectivity index (χ2n) is 5.47. The van der Waals surface area contributed by atoms with E-state index in [1.165, 1.54) is 5.56 Å². The predicted molar refractivity (Wildman–Crippen MR) is 74.5 cm³/mol. The fourth-order valence-corrected chi connectivity index (χ4v) is 2.35. The van der Waals surface area contributed by atoms with Crippen molar-refractivity contribution >= 4 is 16.2 Å². The summed E-state index contributed by atoms with van der Waals surface area (Å²) in [6, 6.07) is 5.87. The first-order valence-corrected chi connectivity index (χ1v) is 7.34. The maximum absolute atomic E-state index is 10.7. The van der Waals surface area contributed by atoms with Crippen molar-refractivity contribution in [3.8, 4) is 0 Å². The molecule has 100 valence electrons. The summed E-state index contributed by atoms with van der Waals surface area (Å²) in [6.07, 6.45) is 1.85. The van der Waals surface area contributed by atoms with Crippen molar-refractivity contribution in [2.24, 2.45) is 16.2 Å². The van der Waals surface area contributed by atoms with Gasteiger partial charge in [-0.25, -0.2) is 0 Å². The van der Waals surface area contributed by atoms with Crippen molar-refractivity contribution in [3.63, 3.8) is 0 Å². The van der Waals surface area contributed by atoms with Gasteiger partial charge in [-0.2, -0.15) is 8.42 Å². The minimum absolute atomic E-state index is 0.480. The van der Waals surface area contributed by atoms with Crippen LogP contribution < -0.4 is 0 Å². The number of hydrogen-bond acceptors (Lipinski definition) is 3. The van der Waals surface area contributed by atoms with Gasteiger partial charge in [0.25, 0.3) is 0 Å². The topological polar surface area (TPSA) is 46.5 Å². The number of rotatable bonds is 5. The van der Waals surface area contributed by atoms with E-state index in [0.717, 1.165) is 18.4 Å². The van der Waals surface area contributed by atoms with Crippen molar-refractivity contribution in [3.05, 3.63) is 29.3 Å². The zero-order chi connectivity index (χ0) is 13.7. The Hall–Kier alpha value is -1.16. The monoisotopic (exact) mass is 267 g/mol. The average Bonchev–Trinajstić information content (AvgIpc) is 2.19. The fraction of sp³-hybridized carbons (Fsp3) is 0.571. The standard InChI is InChI=1S/C14H21NO2S/c1-10(2)7-12-5-6-14(15-18(16)17)13(9-12)8-11(3)4/h5-6,9-11H,7-8H2,1-4H3. The summed E-state index contributed by atoms with van der Waals surface area (Å²) in [5.74, 6) is 1.07. The van der Waals surface area contributed by atoms with E-state index < -0.39 is 10.5 Å². The maximum atomic E-state index is 10.7. The average molecular weight is 267 g/mol. The minimum atomic E-state index is -2.38. The molecule has 0 aromatic heterocycles. The lowest BCUT2D eigenvalue weighted by Gasteiger charge is -2.11. The molecule has 0 aliphatic rings. The summed E-state index contributed by atoms with van der Waals surface area (Å²) >= 11 is 0. The molecule has 1 aromatic rings. The van der Waals surface area contributed by atoms with E-state index in [0.29, 0.717) is 17.5 Å². The molecule has 1 aromatic carbocycles. The van der Waals surface area contributed by atoms with Crippen molar-refractivity contribution < 1.29 is 8.42 Å². The summed E-state index contributed by atoms with van der Waals surface area (Å²) in [4.78, 5) is 0. The van der Waals surface area contributed by atoms with E-state index in [4.69, 9.17) is 0 Å². The highest BCUT2D eigenvalue weighted by atomic mass is 32.2. The highest BCUT2D eigenvalue weighted by Gasteiger charge is 2.07. The molecule has 0 N–H and O–H groups in total. The van der Waals surface area contributed by atoms with Gasteiger partial charge in [-0.3, -0.25) is 0 Å². The van der Waals surface area contributed by atoms with Crippen LogP contribution in [0.2, 0.25) is 0 Å². The van der Waals surface area contributed by atoms with Crippen molar-refractivity contribution in [2.75, 3.05) is 0 Å². The van der Waals surface area contributed by atoms with Gasteiger partial charge in [-0.05, 0) is 41.9 Å². The molecule has 1 rings (SSSR count). The van der Waals surface area contributed by atoms with E-state index in [1.54, 1.807) is 0 Å². The van der Waals surface area contributed by atoms with Crippen molar-refractivity contribution in [1.82, 2.24) is 0 Å². The van der Waals surface area contributed by atoms with Gasteiger partial charge in [0.2, 0.25) is 0 Å². The Bertz CT molecular complexity index is 523. The van der Waals surface area contributed by atoms with Crippen LogP contribution >= 0.6 is 0 Å². The Labute approximate surface area is 111 Å². The molecule has 0 bridgehead atoms. The normalized spacial score (nSPS) is 11.0. The Kier molecular flexibility index (Phi) is 5.54. The van der Waals surface area contributed by atoms with Crippen LogP contribution in [0.25, 0.3) is 0 Å². The molecule has 0 heterocycles. The fourth-order valence-electron chi connectivity index (χ4n) is 2.01. The second kappa shape index (κ2) is 6.69. The number of benzene rings is 1. The summed E-state index contributed by atoms with van der Waals surface area (Å²) in [5, 5.41) is 0. The molecule has 0 fully saturated rings. The third-order valence-corrected chi connectivity index (χ3v) is 2.93. The molecule has 4 heteroatoms. The quantitative estimate of drug-likeness (QED) is 0.815. The highest BCUT2D eigenvalue weighted by Crippen LogP contribution is 2.24. The van der Waals surface area contributed by atoms with Gasteiger partial charge < -0.3 is 0 Å². The SMILES string of the molecule is CC(C)Cc1ccc(N=S(=O)=O)c(CC(C)C)c1. The molecule has 3 nitrogen and oxygen atoms in total. The van der Waals surface area contributed by atoms with Gasteiger partial charge in [-0.15, -0.1) is 4.36 Å². The zero-order valence-corrected chi connectivity index (χ0v) is 12.3. The van der Waals surface area contributed by atoms with Crippen LogP contribution in [0, 0.1) is 11.8 Å². The van der Waals surface area contributed by atoms with Crippen LogP contribution in [0.4, 0.5) is 5.69 Å². The smallest absolute Gasteiger partial charge is 0.163 e. The maximum Gasteiger partial charge on any atom is 0.316 e. The van der Waals surface area contributed by atoms with E-state index in [-0.39, 0.29) is 0 Å².